The number of nitrogens with zero attached hydrogens (tertiary/aromatic N) is 2. The minimum absolute atomic E-state index is 0.127. The first kappa shape index (κ1) is 29.0. The number of fused-ring (bicyclic) bond motifs is 2. The van der Waals surface area contributed by atoms with E-state index in [1.54, 1.807) is 0 Å². The van der Waals surface area contributed by atoms with Gasteiger partial charge in [0.05, 0.1) is 0 Å². The second-order valence-corrected chi connectivity index (χ2v) is 9.65. The Labute approximate surface area is 227 Å². The van der Waals surface area contributed by atoms with Gasteiger partial charge in [-0.25, -0.2) is 0 Å². The van der Waals surface area contributed by atoms with E-state index in [1.807, 2.05) is 60.7 Å². The van der Waals surface area contributed by atoms with Crippen molar-refractivity contribution in [2.24, 2.45) is 0 Å². The summed E-state index contributed by atoms with van der Waals surface area (Å²) in [6.45, 7) is 20.0. The molecule has 0 bridgehead atoms. The van der Waals surface area contributed by atoms with Crippen LogP contribution in [0.15, 0.2) is 87.0 Å². The average Bonchev–Trinajstić information content (AvgIpc) is 2.91. The third kappa shape index (κ3) is 8.23. The van der Waals surface area contributed by atoms with E-state index < -0.39 is 0 Å². The zero-order valence-corrected chi connectivity index (χ0v) is 22.5. The molecule has 1 aliphatic rings. The van der Waals surface area contributed by atoms with Crippen molar-refractivity contribution in [1.29, 1.82) is 0 Å². The largest absolute Gasteiger partial charge is 0.457 e. The predicted molar refractivity (Wildman–Crippen MR) is 157 cm³/mol. The highest BCUT2D eigenvalue weighted by molar-refractivity contribution is 5.97. The van der Waals surface area contributed by atoms with Crippen LogP contribution in [-0.2, 0) is 6.42 Å². The lowest BCUT2D eigenvalue weighted by molar-refractivity contribution is 0.0968. The van der Waals surface area contributed by atoms with Crippen molar-refractivity contribution < 1.29 is 14.3 Å². The van der Waals surface area contributed by atoms with Gasteiger partial charge in [0.15, 0.2) is 11.6 Å². The highest BCUT2D eigenvalue weighted by Gasteiger charge is 2.20. The summed E-state index contributed by atoms with van der Waals surface area (Å²) in [7, 11) is 0. The number of hydrogen-bond acceptors (Lipinski definition) is 5. The molecule has 0 N–H and O–H groups in total. The van der Waals surface area contributed by atoms with E-state index in [0.717, 1.165) is 74.7 Å². The Hall–Kier alpha value is -3.54. The molecule has 5 nitrogen and oxygen atoms in total. The van der Waals surface area contributed by atoms with Gasteiger partial charge >= 0.3 is 0 Å². The number of hydrogen-bond donors (Lipinski definition) is 0. The first-order valence-corrected chi connectivity index (χ1v) is 13.4. The van der Waals surface area contributed by atoms with E-state index in [9.17, 15) is 9.59 Å². The number of Topliss-reactive ketones (excluding diaryl/α,β-unsaturated/α-hetero) is 2. The van der Waals surface area contributed by atoms with Crippen LogP contribution in [0.3, 0.4) is 0 Å². The van der Waals surface area contributed by atoms with Gasteiger partial charge in [-0.3, -0.25) is 19.4 Å². The zero-order valence-electron chi connectivity index (χ0n) is 22.5. The molecule has 0 saturated heterocycles. The van der Waals surface area contributed by atoms with Crippen LogP contribution in [0.25, 0.3) is 0 Å². The van der Waals surface area contributed by atoms with E-state index in [2.05, 4.69) is 36.1 Å². The van der Waals surface area contributed by atoms with Crippen LogP contribution >= 0.6 is 0 Å². The van der Waals surface area contributed by atoms with Gasteiger partial charge in [-0.2, -0.15) is 0 Å². The molecule has 0 fully saturated rings. The highest BCUT2D eigenvalue weighted by atomic mass is 16.5. The maximum atomic E-state index is 12.9. The molecule has 2 aromatic carbocycles. The smallest absolute Gasteiger partial charge is 0.162 e. The van der Waals surface area contributed by atoms with E-state index >= 15 is 0 Å². The minimum atomic E-state index is 0.127. The Morgan fingerprint density at radius 3 is 1.45 bits per heavy atom. The van der Waals surface area contributed by atoms with Crippen LogP contribution < -0.4 is 4.74 Å². The number of carbonyl (C=O) groups excluding carboxylic acids is 2. The molecule has 5 heteroatoms. The topological polar surface area (TPSA) is 49.9 Å². The van der Waals surface area contributed by atoms with E-state index in [-0.39, 0.29) is 11.6 Å². The van der Waals surface area contributed by atoms with Crippen LogP contribution in [0, 0.1) is 0 Å². The van der Waals surface area contributed by atoms with Crippen molar-refractivity contribution in [3.8, 4) is 11.5 Å². The number of ketones is 2. The molecule has 0 radical (unpaired) electrons. The fourth-order valence-corrected chi connectivity index (χ4v) is 4.76. The molecule has 0 saturated carbocycles. The molecule has 0 atom stereocenters. The Morgan fingerprint density at radius 2 is 1.08 bits per heavy atom. The van der Waals surface area contributed by atoms with Crippen LogP contribution in [0.5, 0.6) is 11.5 Å². The number of carbonyl (C=O) groups is 2. The number of benzene rings is 2. The van der Waals surface area contributed by atoms with Gasteiger partial charge in [0, 0.05) is 67.7 Å². The normalized spacial score (nSPS) is 11.8. The molecule has 38 heavy (non-hydrogen) atoms. The Bertz CT molecular complexity index is 1060. The van der Waals surface area contributed by atoms with Crippen molar-refractivity contribution in [3.63, 3.8) is 0 Å². The Kier molecular flexibility index (Phi) is 11.5. The average molecular weight is 513 g/mol. The summed E-state index contributed by atoms with van der Waals surface area (Å²) in [6.07, 6.45) is 10.6. The van der Waals surface area contributed by atoms with Crippen molar-refractivity contribution >= 4 is 11.6 Å². The molecule has 0 aliphatic carbocycles. The first-order valence-electron chi connectivity index (χ1n) is 13.4. The standard InChI is InChI=1S/C33H40N2O3/c1-5-17-34(18-6-2)21-9-11-30(36)26-13-15-32-28(23-26)25-29-24-27(14-16-33(29)38-32)31(37)12-10-22-35(19-7-3)20-8-4/h5-8,13-16,23-24H,1-4,9-12,17-22,25H2. The molecule has 200 valence electrons. The molecule has 1 heterocycles. The zero-order chi connectivity index (χ0) is 27.3. The van der Waals surface area contributed by atoms with Crippen molar-refractivity contribution in [2.45, 2.75) is 32.1 Å². The predicted octanol–water partition coefficient (Wildman–Crippen LogP) is 6.66. The third-order valence-electron chi connectivity index (χ3n) is 6.67. The van der Waals surface area contributed by atoms with Gasteiger partial charge in [0.2, 0.25) is 0 Å². The van der Waals surface area contributed by atoms with Crippen molar-refractivity contribution in [3.05, 3.63) is 109 Å². The molecule has 3 rings (SSSR count). The molecule has 0 spiro atoms. The second kappa shape index (κ2) is 15.0. The van der Waals surface area contributed by atoms with Crippen LogP contribution in [0.4, 0.5) is 0 Å². The maximum absolute atomic E-state index is 12.9. The summed E-state index contributed by atoms with van der Waals surface area (Å²) in [5, 5.41) is 0. The SMILES string of the molecule is C=CCN(CC=C)CCCC(=O)c1ccc2c(c1)Cc1cc(C(=O)CCCN(CC=C)CC=C)ccc1O2. The summed E-state index contributed by atoms with van der Waals surface area (Å²) in [5.41, 5.74) is 3.34. The maximum Gasteiger partial charge on any atom is 0.162 e. The Morgan fingerprint density at radius 1 is 0.684 bits per heavy atom. The van der Waals surface area contributed by atoms with Crippen LogP contribution in [-0.4, -0.2) is 60.6 Å². The lowest BCUT2D eigenvalue weighted by Gasteiger charge is -2.22. The summed E-state index contributed by atoms with van der Waals surface area (Å²) in [5.74, 6) is 1.78. The second-order valence-electron chi connectivity index (χ2n) is 9.65. The molecule has 2 aromatic rings. The molecular formula is C33H40N2O3. The summed E-state index contributed by atoms with van der Waals surface area (Å²) < 4.78 is 6.11. The fraction of sp³-hybridized carbons (Fsp3) is 0.333. The summed E-state index contributed by atoms with van der Waals surface area (Å²) in [6, 6.07) is 11.3. The third-order valence-corrected chi connectivity index (χ3v) is 6.67. The van der Waals surface area contributed by atoms with E-state index in [4.69, 9.17) is 4.74 Å². The molecular weight excluding hydrogens is 472 g/mol. The number of ether oxygens (including phenoxy) is 1. The van der Waals surface area contributed by atoms with E-state index in [1.165, 1.54) is 0 Å². The lowest BCUT2D eigenvalue weighted by atomic mass is 9.94. The number of rotatable bonds is 18. The fourth-order valence-electron chi connectivity index (χ4n) is 4.76. The molecule has 0 aromatic heterocycles. The van der Waals surface area contributed by atoms with Gasteiger partial charge in [-0.1, -0.05) is 24.3 Å². The van der Waals surface area contributed by atoms with Crippen LogP contribution in [0.1, 0.15) is 57.5 Å². The monoisotopic (exact) mass is 512 g/mol. The summed E-state index contributed by atoms with van der Waals surface area (Å²) in [4.78, 5) is 30.2. The van der Waals surface area contributed by atoms with Crippen LogP contribution in [0.2, 0.25) is 0 Å². The Balaban J connectivity index is 1.59. The molecule has 0 unspecified atom stereocenters. The van der Waals surface area contributed by atoms with Gasteiger partial charge in [-0.15, -0.1) is 26.3 Å². The summed E-state index contributed by atoms with van der Waals surface area (Å²) >= 11 is 0. The van der Waals surface area contributed by atoms with Gasteiger partial charge in [0.1, 0.15) is 11.5 Å². The minimum Gasteiger partial charge on any atom is -0.457 e. The first-order chi connectivity index (χ1) is 18.5. The van der Waals surface area contributed by atoms with E-state index in [0.29, 0.717) is 30.4 Å². The van der Waals surface area contributed by atoms with Gasteiger partial charge in [-0.05, 0) is 62.3 Å². The van der Waals surface area contributed by atoms with Gasteiger partial charge in [0.25, 0.3) is 0 Å². The lowest BCUT2D eigenvalue weighted by Crippen LogP contribution is -2.25. The van der Waals surface area contributed by atoms with Crippen molar-refractivity contribution in [1.82, 2.24) is 9.80 Å². The quantitative estimate of drug-likeness (QED) is 0.141. The molecule has 0 amide bonds. The van der Waals surface area contributed by atoms with Gasteiger partial charge < -0.3 is 4.74 Å². The van der Waals surface area contributed by atoms with Crippen molar-refractivity contribution in [2.75, 3.05) is 39.3 Å². The highest BCUT2D eigenvalue weighted by Crippen LogP contribution is 2.37. The molecule has 1 aliphatic heterocycles.